The molecule has 1 aliphatic carbocycles. The van der Waals surface area contributed by atoms with Gasteiger partial charge < -0.3 is 19.7 Å². The Balaban J connectivity index is 1.63. The predicted octanol–water partition coefficient (Wildman–Crippen LogP) is 2.78. The molecule has 0 aromatic heterocycles. The molecule has 0 aliphatic heterocycles. The fraction of sp³-hybridized carbons (Fsp3) is 0.632. The van der Waals surface area contributed by atoms with E-state index in [1.165, 1.54) is 12.8 Å². The first-order chi connectivity index (χ1) is 11.8. The van der Waals surface area contributed by atoms with E-state index in [9.17, 15) is 0 Å². The first kappa shape index (κ1) is 18.6. The zero-order valence-corrected chi connectivity index (χ0v) is 15.0. The van der Waals surface area contributed by atoms with Gasteiger partial charge in [0.2, 0.25) is 0 Å². The van der Waals surface area contributed by atoms with E-state index in [2.05, 4.69) is 22.1 Å². The van der Waals surface area contributed by atoms with Crippen LogP contribution in [0.1, 0.15) is 26.2 Å². The van der Waals surface area contributed by atoms with E-state index in [1.807, 2.05) is 37.4 Å². The second-order valence-corrected chi connectivity index (χ2v) is 6.19. The Morgan fingerprint density at radius 2 is 2.04 bits per heavy atom. The molecule has 1 fully saturated rings. The van der Waals surface area contributed by atoms with Gasteiger partial charge in [0.1, 0.15) is 12.4 Å². The fourth-order valence-corrected chi connectivity index (χ4v) is 2.28. The highest BCUT2D eigenvalue weighted by Gasteiger charge is 2.20. The van der Waals surface area contributed by atoms with E-state index in [-0.39, 0.29) is 0 Å². The van der Waals surface area contributed by atoms with Gasteiger partial charge in [-0.25, -0.2) is 0 Å². The number of likely N-dealkylation sites (N-methyl/N-ethyl adjacent to an activating group) is 1. The molecule has 0 radical (unpaired) electrons. The van der Waals surface area contributed by atoms with Gasteiger partial charge in [-0.1, -0.05) is 18.2 Å². The van der Waals surface area contributed by atoms with Crippen molar-refractivity contribution in [2.75, 3.05) is 46.5 Å². The molecule has 1 N–H and O–H groups in total. The van der Waals surface area contributed by atoms with Crippen molar-refractivity contribution in [1.82, 2.24) is 10.2 Å². The minimum absolute atomic E-state index is 0.634. The quantitative estimate of drug-likeness (QED) is 0.384. The summed E-state index contributed by atoms with van der Waals surface area (Å²) in [6.07, 6.45) is 3.66. The predicted molar refractivity (Wildman–Crippen MR) is 98.7 cm³/mol. The normalized spacial score (nSPS) is 14.5. The van der Waals surface area contributed by atoms with Crippen LogP contribution < -0.4 is 10.1 Å². The highest BCUT2D eigenvalue weighted by Crippen LogP contribution is 2.28. The standard InChI is InChI=1S/C19H31N3O2/c1-3-20-19(21-12-7-14-23-16-17-10-11-17)22(2)13-15-24-18-8-5-4-6-9-18/h4-6,8-9,17H,3,7,10-16H2,1-2H3,(H,20,21). The fourth-order valence-electron chi connectivity index (χ4n) is 2.28. The molecule has 0 bridgehead atoms. The number of hydrogen-bond donors (Lipinski definition) is 1. The van der Waals surface area contributed by atoms with Crippen LogP contribution in [0.3, 0.4) is 0 Å². The minimum atomic E-state index is 0.634. The summed E-state index contributed by atoms with van der Waals surface area (Å²) in [5, 5.41) is 3.33. The van der Waals surface area contributed by atoms with Gasteiger partial charge in [0.05, 0.1) is 6.54 Å². The highest BCUT2D eigenvalue weighted by atomic mass is 16.5. The number of benzene rings is 1. The Labute approximate surface area is 146 Å². The maximum absolute atomic E-state index is 5.75. The van der Waals surface area contributed by atoms with Crippen molar-refractivity contribution in [2.45, 2.75) is 26.2 Å². The average Bonchev–Trinajstić information content (AvgIpc) is 3.42. The molecular weight excluding hydrogens is 302 g/mol. The lowest BCUT2D eigenvalue weighted by molar-refractivity contribution is 0.123. The summed E-state index contributed by atoms with van der Waals surface area (Å²) in [6, 6.07) is 9.90. The molecule has 0 spiro atoms. The van der Waals surface area contributed by atoms with Crippen molar-refractivity contribution in [3.05, 3.63) is 30.3 Å². The van der Waals surface area contributed by atoms with E-state index in [4.69, 9.17) is 9.47 Å². The van der Waals surface area contributed by atoms with Crippen LogP contribution >= 0.6 is 0 Å². The minimum Gasteiger partial charge on any atom is -0.492 e. The van der Waals surface area contributed by atoms with Gasteiger partial charge in [0, 0.05) is 33.4 Å². The second-order valence-electron chi connectivity index (χ2n) is 6.19. The van der Waals surface area contributed by atoms with Gasteiger partial charge in [-0.2, -0.15) is 0 Å². The Bertz CT molecular complexity index is 475. The largest absolute Gasteiger partial charge is 0.492 e. The van der Waals surface area contributed by atoms with Crippen molar-refractivity contribution in [1.29, 1.82) is 0 Å². The van der Waals surface area contributed by atoms with Gasteiger partial charge in [-0.05, 0) is 44.2 Å². The van der Waals surface area contributed by atoms with Crippen LogP contribution in [0.15, 0.2) is 35.3 Å². The van der Waals surface area contributed by atoms with Crippen LogP contribution in [-0.2, 0) is 4.74 Å². The summed E-state index contributed by atoms with van der Waals surface area (Å²) in [7, 11) is 2.04. The molecular formula is C19H31N3O2. The Kier molecular flexibility index (Phi) is 8.46. The maximum Gasteiger partial charge on any atom is 0.193 e. The molecule has 5 nitrogen and oxygen atoms in total. The van der Waals surface area contributed by atoms with Crippen LogP contribution in [0.2, 0.25) is 0 Å². The number of guanidine groups is 1. The molecule has 5 heteroatoms. The third-order valence-corrected chi connectivity index (χ3v) is 3.89. The lowest BCUT2D eigenvalue weighted by Gasteiger charge is -2.22. The molecule has 24 heavy (non-hydrogen) atoms. The Morgan fingerprint density at radius 3 is 2.75 bits per heavy atom. The summed E-state index contributed by atoms with van der Waals surface area (Å²) in [6.45, 7) is 6.90. The lowest BCUT2D eigenvalue weighted by atomic mass is 10.3. The van der Waals surface area contributed by atoms with E-state index in [0.717, 1.165) is 56.9 Å². The van der Waals surface area contributed by atoms with Crippen LogP contribution in [0.25, 0.3) is 0 Å². The summed E-state index contributed by atoms with van der Waals surface area (Å²) < 4.78 is 11.4. The van der Waals surface area contributed by atoms with Gasteiger partial charge in [-0.15, -0.1) is 0 Å². The molecule has 0 unspecified atom stereocenters. The summed E-state index contributed by atoms with van der Waals surface area (Å²) in [5.41, 5.74) is 0. The molecule has 0 saturated heterocycles. The zero-order chi connectivity index (χ0) is 17.0. The van der Waals surface area contributed by atoms with E-state index in [1.54, 1.807) is 0 Å². The van der Waals surface area contributed by atoms with Crippen molar-refractivity contribution in [2.24, 2.45) is 10.9 Å². The number of ether oxygens (including phenoxy) is 2. The van der Waals surface area contributed by atoms with Gasteiger partial charge in [-0.3, -0.25) is 4.99 Å². The molecule has 2 rings (SSSR count). The maximum atomic E-state index is 5.75. The van der Waals surface area contributed by atoms with Crippen LogP contribution in [-0.4, -0.2) is 57.4 Å². The molecule has 134 valence electrons. The number of para-hydroxylation sites is 1. The third kappa shape index (κ3) is 7.68. The molecule has 0 heterocycles. The number of hydrogen-bond acceptors (Lipinski definition) is 3. The first-order valence-corrected chi connectivity index (χ1v) is 9.04. The molecule has 0 atom stereocenters. The SMILES string of the molecule is CCNC(=NCCCOCC1CC1)N(C)CCOc1ccccc1. The van der Waals surface area contributed by atoms with E-state index in [0.29, 0.717) is 6.61 Å². The van der Waals surface area contributed by atoms with Crippen LogP contribution in [0, 0.1) is 5.92 Å². The topological polar surface area (TPSA) is 46.1 Å². The zero-order valence-electron chi connectivity index (χ0n) is 15.0. The van der Waals surface area contributed by atoms with E-state index < -0.39 is 0 Å². The van der Waals surface area contributed by atoms with Crippen molar-refractivity contribution < 1.29 is 9.47 Å². The monoisotopic (exact) mass is 333 g/mol. The number of rotatable bonds is 11. The van der Waals surface area contributed by atoms with Crippen molar-refractivity contribution in [3.8, 4) is 5.75 Å². The second kappa shape index (κ2) is 10.9. The smallest absolute Gasteiger partial charge is 0.193 e. The van der Waals surface area contributed by atoms with Crippen molar-refractivity contribution >= 4 is 5.96 Å². The molecule has 1 aromatic carbocycles. The summed E-state index contributed by atoms with van der Waals surface area (Å²) in [5.74, 6) is 2.67. The van der Waals surface area contributed by atoms with Crippen LogP contribution in [0.4, 0.5) is 0 Å². The molecule has 1 aliphatic rings. The molecule has 1 aromatic rings. The van der Waals surface area contributed by atoms with Gasteiger partial charge >= 0.3 is 0 Å². The summed E-state index contributed by atoms with van der Waals surface area (Å²) >= 11 is 0. The Morgan fingerprint density at radius 1 is 1.25 bits per heavy atom. The number of aliphatic imine (C=N–C) groups is 1. The van der Waals surface area contributed by atoms with Gasteiger partial charge in [0.25, 0.3) is 0 Å². The average molecular weight is 333 g/mol. The first-order valence-electron chi connectivity index (χ1n) is 9.04. The third-order valence-electron chi connectivity index (χ3n) is 3.89. The van der Waals surface area contributed by atoms with Crippen molar-refractivity contribution in [3.63, 3.8) is 0 Å². The Hall–Kier alpha value is -1.75. The van der Waals surface area contributed by atoms with Crippen LogP contribution in [0.5, 0.6) is 5.75 Å². The summed E-state index contributed by atoms with van der Waals surface area (Å²) in [4.78, 5) is 6.78. The lowest BCUT2D eigenvalue weighted by Crippen LogP contribution is -2.41. The van der Waals surface area contributed by atoms with Gasteiger partial charge in [0.15, 0.2) is 5.96 Å². The van der Waals surface area contributed by atoms with E-state index >= 15 is 0 Å². The highest BCUT2D eigenvalue weighted by molar-refractivity contribution is 5.79. The number of nitrogens with one attached hydrogen (secondary N) is 1. The number of nitrogens with zero attached hydrogens (tertiary/aromatic N) is 2. The molecule has 0 amide bonds. The molecule has 1 saturated carbocycles.